The van der Waals surface area contributed by atoms with Crippen LogP contribution >= 0.6 is 0 Å². The van der Waals surface area contributed by atoms with Crippen LogP contribution in [0.3, 0.4) is 0 Å². The Bertz CT molecular complexity index is 1440. The third-order valence-corrected chi connectivity index (χ3v) is 6.39. The molecule has 0 atom stereocenters. The molecule has 0 spiro atoms. The van der Waals surface area contributed by atoms with Crippen molar-refractivity contribution in [1.29, 1.82) is 0 Å². The zero-order valence-electron chi connectivity index (χ0n) is 20.6. The lowest BCUT2D eigenvalue weighted by Gasteiger charge is -2.27. The normalized spacial score (nSPS) is 12.7. The summed E-state index contributed by atoms with van der Waals surface area (Å²) in [5.41, 5.74) is 3.04. The van der Waals surface area contributed by atoms with E-state index in [1.54, 1.807) is 13.1 Å². The molecule has 37 heavy (non-hydrogen) atoms. The maximum atomic E-state index is 14.7. The molecule has 0 heterocycles. The molecule has 3 aromatic rings. The van der Waals surface area contributed by atoms with Crippen LogP contribution in [0.1, 0.15) is 38.2 Å². The number of carbonyl (C=O) groups is 3. The number of fused-ring (bicyclic) bond motifs is 1. The predicted octanol–water partition coefficient (Wildman–Crippen LogP) is 5.10. The average Bonchev–Trinajstić information content (AvgIpc) is 2.89. The Morgan fingerprint density at radius 1 is 1.14 bits per heavy atom. The van der Waals surface area contributed by atoms with Gasteiger partial charge in [0.25, 0.3) is 0 Å². The molecule has 0 aliphatic heterocycles. The second-order valence-corrected chi connectivity index (χ2v) is 8.83. The van der Waals surface area contributed by atoms with Gasteiger partial charge in [-0.1, -0.05) is 49.1 Å². The monoisotopic (exact) mass is 499 g/mol. The zero-order valence-corrected chi connectivity index (χ0v) is 20.6. The van der Waals surface area contributed by atoms with Gasteiger partial charge in [-0.25, -0.2) is 9.18 Å². The first-order valence-corrected chi connectivity index (χ1v) is 11.6. The van der Waals surface area contributed by atoms with Crippen LogP contribution in [0.4, 0.5) is 10.1 Å². The Balaban J connectivity index is 1.68. The molecule has 3 aromatic carbocycles. The summed E-state index contributed by atoms with van der Waals surface area (Å²) < 4.78 is 19.4. The first kappa shape index (κ1) is 25.6. The van der Waals surface area contributed by atoms with Crippen molar-refractivity contribution in [3.63, 3.8) is 0 Å². The number of nitrogens with zero attached hydrogens (tertiary/aromatic N) is 1. The number of rotatable bonds is 8. The number of ether oxygens (including phenoxy) is 1. The van der Waals surface area contributed by atoms with Crippen molar-refractivity contribution in [2.24, 2.45) is 0 Å². The molecule has 0 unspecified atom stereocenters. The molecule has 0 amide bonds. The van der Waals surface area contributed by atoms with E-state index in [4.69, 9.17) is 4.74 Å². The molecule has 0 aromatic heterocycles. The van der Waals surface area contributed by atoms with Crippen LogP contribution in [0.15, 0.2) is 72.8 Å². The zero-order chi connectivity index (χ0) is 26.7. The Kier molecular flexibility index (Phi) is 7.34. The van der Waals surface area contributed by atoms with Gasteiger partial charge >= 0.3 is 5.97 Å². The number of aliphatic hydroxyl groups is 1. The fourth-order valence-electron chi connectivity index (χ4n) is 4.56. The summed E-state index contributed by atoms with van der Waals surface area (Å²) in [5.74, 6) is -2.80. The average molecular weight is 500 g/mol. The second kappa shape index (κ2) is 10.6. The van der Waals surface area contributed by atoms with E-state index in [-0.39, 0.29) is 24.0 Å². The Labute approximate surface area is 214 Å². The van der Waals surface area contributed by atoms with Gasteiger partial charge in [0.2, 0.25) is 0 Å². The summed E-state index contributed by atoms with van der Waals surface area (Å²) in [6.45, 7) is 4.19. The standard InChI is InChI=1S/C30H26FNO5/c1-4-19-12-21(30(36)37-3)11-10-20(19)13-26(33)28-27(34)16-23-24(29(28)35)14-22(31)15-25(23)32(2)17-18-8-6-5-7-9-18/h4-12,14-15,35H,1,13,16-17H2,2-3H3. The number of aliphatic hydroxyl groups excluding tert-OH is 1. The second-order valence-electron chi connectivity index (χ2n) is 8.83. The highest BCUT2D eigenvalue weighted by molar-refractivity contribution is 6.27. The van der Waals surface area contributed by atoms with Crippen LogP contribution in [0.2, 0.25) is 0 Å². The van der Waals surface area contributed by atoms with Crippen molar-refractivity contribution in [3.05, 3.63) is 112 Å². The maximum Gasteiger partial charge on any atom is 0.337 e. The number of esters is 1. The Morgan fingerprint density at radius 3 is 2.54 bits per heavy atom. The number of carbonyl (C=O) groups excluding carboxylic acids is 3. The van der Waals surface area contributed by atoms with Gasteiger partial charge in [0.15, 0.2) is 11.6 Å². The number of Topliss-reactive ketones (excluding diaryl/α,β-unsaturated/α-hetero) is 2. The molecule has 188 valence electrons. The van der Waals surface area contributed by atoms with E-state index in [9.17, 15) is 23.9 Å². The van der Waals surface area contributed by atoms with Gasteiger partial charge in [0.05, 0.1) is 12.7 Å². The molecule has 6 nitrogen and oxygen atoms in total. The number of allylic oxidation sites excluding steroid dienone is 1. The third kappa shape index (κ3) is 5.21. The van der Waals surface area contributed by atoms with E-state index in [1.807, 2.05) is 35.2 Å². The maximum absolute atomic E-state index is 14.7. The number of hydrogen-bond acceptors (Lipinski definition) is 6. The van der Waals surface area contributed by atoms with Crippen molar-refractivity contribution in [1.82, 2.24) is 0 Å². The summed E-state index contributed by atoms with van der Waals surface area (Å²) in [4.78, 5) is 40.0. The molecule has 0 fully saturated rings. The van der Waals surface area contributed by atoms with Crippen LogP contribution in [0.5, 0.6) is 0 Å². The van der Waals surface area contributed by atoms with Crippen LogP contribution in [-0.2, 0) is 33.7 Å². The van der Waals surface area contributed by atoms with E-state index in [0.29, 0.717) is 34.5 Å². The van der Waals surface area contributed by atoms with E-state index in [0.717, 1.165) is 11.6 Å². The molecule has 7 heteroatoms. The fourth-order valence-corrected chi connectivity index (χ4v) is 4.56. The van der Waals surface area contributed by atoms with Gasteiger partial charge in [-0.15, -0.1) is 0 Å². The molecule has 0 radical (unpaired) electrons. The Morgan fingerprint density at radius 2 is 1.86 bits per heavy atom. The minimum atomic E-state index is -0.606. The van der Waals surface area contributed by atoms with Gasteiger partial charge < -0.3 is 14.7 Å². The number of methoxy groups -OCH3 is 1. The van der Waals surface area contributed by atoms with Gasteiger partial charge in [-0.05, 0) is 46.5 Å². The third-order valence-electron chi connectivity index (χ3n) is 6.39. The number of benzene rings is 3. The van der Waals surface area contributed by atoms with Crippen molar-refractivity contribution in [2.75, 3.05) is 19.1 Å². The summed E-state index contributed by atoms with van der Waals surface area (Å²) in [7, 11) is 3.05. The van der Waals surface area contributed by atoms with Gasteiger partial charge in [0, 0.05) is 37.7 Å². The highest BCUT2D eigenvalue weighted by atomic mass is 19.1. The molecular weight excluding hydrogens is 473 g/mol. The number of anilines is 1. The molecule has 1 aliphatic carbocycles. The summed E-state index contributed by atoms with van der Waals surface area (Å²) in [6, 6.07) is 16.7. The fraction of sp³-hybridized carbons (Fsp3) is 0.167. The minimum Gasteiger partial charge on any atom is -0.506 e. The van der Waals surface area contributed by atoms with Crippen LogP contribution < -0.4 is 4.90 Å². The van der Waals surface area contributed by atoms with Crippen molar-refractivity contribution in [2.45, 2.75) is 19.4 Å². The lowest BCUT2D eigenvalue weighted by molar-refractivity contribution is -0.120. The first-order valence-electron chi connectivity index (χ1n) is 11.6. The molecule has 0 saturated carbocycles. The molecule has 1 N–H and O–H groups in total. The van der Waals surface area contributed by atoms with Gasteiger partial charge in [-0.2, -0.15) is 0 Å². The highest BCUT2D eigenvalue weighted by Crippen LogP contribution is 2.36. The van der Waals surface area contributed by atoms with Crippen molar-refractivity contribution in [3.8, 4) is 0 Å². The quantitative estimate of drug-likeness (QED) is 0.343. The molecular formula is C30H26FNO5. The predicted molar refractivity (Wildman–Crippen MR) is 140 cm³/mol. The van der Waals surface area contributed by atoms with Gasteiger partial charge in [0.1, 0.15) is 17.1 Å². The van der Waals surface area contributed by atoms with Crippen LogP contribution in [0, 0.1) is 5.82 Å². The van der Waals surface area contributed by atoms with E-state index in [1.165, 1.54) is 31.4 Å². The highest BCUT2D eigenvalue weighted by Gasteiger charge is 2.33. The number of ketones is 2. The van der Waals surface area contributed by atoms with Crippen LogP contribution in [0.25, 0.3) is 11.8 Å². The summed E-state index contributed by atoms with van der Waals surface area (Å²) in [6.07, 6.45) is 1.13. The topological polar surface area (TPSA) is 83.9 Å². The van der Waals surface area contributed by atoms with Crippen molar-refractivity contribution >= 4 is 35.1 Å². The van der Waals surface area contributed by atoms with E-state index < -0.39 is 29.1 Å². The van der Waals surface area contributed by atoms with Gasteiger partial charge in [-0.3, -0.25) is 9.59 Å². The smallest absolute Gasteiger partial charge is 0.337 e. The number of hydrogen-bond donors (Lipinski definition) is 1. The van der Waals surface area contributed by atoms with Crippen LogP contribution in [-0.4, -0.2) is 36.8 Å². The molecule has 0 bridgehead atoms. The molecule has 1 aliphatic rings. The lowest BCUT2D eigenvalue weighted by atomic mass is 9.84. The largest absolute Gasteiger partial charge is 0.506 e. The summed E-state index contributed by atoms with van der Waals surface area (Å²) >= 11 is 0. The number of halogens is 1. The minimum absolute atomic E-state index is 0.128. The van der Waals surface area contributed by atoms with E-state index >= 15 is 0 Å². The first-order chi connectivity index (χ1) is 17.7. The van der Waals surface area contributed by atoms with E-state index in [2.05, 4.69) is 6.58 Å². The molecule has 4 rings (SSSR count). The lowest BCUT2D eigenvalue weighted by Crippen LogP contribution is -2.26. The summed E-state index contributed by atoms with van der Waals surface area (Å²) in [5, 5.41) is 11.0. The van der Waals surface area contributed by atoms with Crippen molar-refractivity contribution < 1.29 is 28.6 Å². The SMILES string of the molecule is C=Cc1cc(C(=O)OC)ccc1CC(=O)C1=C(O)c2cc(F)cc(N(C)Cc3ccccc3)c2CC1=O. The Hall–Kier alpha value is -4.52. The molecule has 0 saturated heterocycles.